The maximum absolute atomic E-state index is 12.8. The summed E-state index contributed by atoms with van der Waals surface area (Å²) in [5, 5.41) is 3.39. The molecule has 1 atom stereocenters. The summed E-state index contributed by atoms with van der Waals surface area (Å²) in [6.45, 7) is 6.31. The van der Waals surface area contributed by atoms with Crippen molar-refractivity contribution in [1.82, 2.24) is 13.9 Å². The van der Waals surface area contributed by atoms with Crippen LogP contribution in [-0.4, -0.2) is 55.8 Å². The molecule has 0 aromatic rings. The number of nitrogens with zero attached hydrogens (tertiary/aromatic N) is 2. The highest BCUT2D eigenvalue weighted by atomic mass is 32.2. The van der Waals surface area contributed by atoms with E-state index in [4.69, 9.17) is 0 Å². The van der Waals surface area contributed by atoms with Crippen LogP contribution in [0.15, 0.2) is 0 Å². The van der Waals surface area contributed by atoms with Gasteiger partial charge < -0.3 is 5.32 Å². The minimum atomic E-state index is -3.30. The van der Waals surface area contributed by atoms with Crippen molar-refractivity contribution < 1.29 is 8.42 Å². The highest BCUT2D eigenvalue weighted by molar-refractivity contribution is 7.86. The molecule has 124 valence electrons. The van der Waals surface area contributed by atoms with Crippen LogP contribution in [0.5, 0.6) is 0 Å². The first-order chi connectivity index (χ1) is 9.91. The van der Waals surface area contributed by atoms with E-state index >= 15 is 0 Å². The van der Waals surface area contributed by atoms with Crippen LogP contribution in [0.25, 0.3) is 0 Å². The van der Waals surface area contributed by atoms with Gasteiger partial charge in [-0.1, -0.05) is 26.7 Å². The van der Waals surface area contributed by atoms with Crippen LogP contribution in [-0.2, 0) is 10.2 Å². The third-order valence-electron chi connectivity index (χ3n) is 4.77. The van der Waals surface area contributed by atoms with Gasteiger partial charge in [0.2, 0.25) is 0 Å². The third kappa shape index (κ3) is 4.41. The highest BCUT2D eigenvalue weighted by Crippen LogP contribution is 2.29. The fourth-order valence-electron chi connectivity index (χ4n) is 3.17. The lowest BCUT2D eigenvalue weighted by atomic mass is 9.86. The van der Waals surface area contributed by atoms with Gasteiger partial charge in [-0.25, -0.2) is 0 Å². The highest BCUT2D eigenvalue weighted by Gasteiger charge is 2.36. The first kappa shape index (κ1) is 17.2. The Balaban J connectivity index is 1.99. The Morgan fingerprint density at radius 1 is 1.19 bits per heavy atom. The Kier molecular flexibility index (Phi) is 6.05. The van der Waals surface area contributed by atoms with Crippen LogP contribution in [0.3, 0.4) is 0 Å². The first-order valence-electron chi connectivity index (χ1n) is 8.37. The van der Waals surface area contributed by atoms with Crippen molar-refractivity contribution in [3.8, 4) is 0 Å². The van der Waals surface area contributed by atoms with Crippen molar-refractivity contribution in [2.75, 3.05) is 26.7 Å². The molecule has 2 fully saturated rings. The molecule has 6 heteroatoms. The summed E-state index contributed by atoms with van der Waals surface area (Å²) in [5.74, 6) is 0.571. The van der Waals surface area contributed by atoms with Crippen LogP contribution < -0.4 is 5.32 Å². The van der Waals surface area contributed by atoms with Gasteiger partial charge in [-0.05, 0) is 31.6 Å². The zero-order chi connectivity index (χ0) is 15.5. The van der Waals surface area contributed by atoms with Crippen LogP contribution in [0.4, 0.5) is 0 Å². The second kappa shape index (κ2) is 7.40. The zero-order valence-electron chi connectivity index (χ0n) is 13.7. The lowest BCUT2D eigenvalue weighted by Gasteiger charge is -2.39. The van der Waals surface area contributed by atoms with E-state index in [1.807, 2.05) is 0 Å². The fraction of sp³-hybridized carbons (Fsp3) is 1.00. The predicted octanol–water partition coefficient (Wildman–Crippen LogP) is 1.82. The van der Waals surface area contributed by atoms with Gasteiger partial charge in [0.05, 0.1) is 0 Å². The van der Waals surface area contributed by atoms with Gasteiger partial charge in [0.1, 0.15) is 0 Å². The molecule has 0 aromatic carbocycles. The smallest absolute Gasteiger partial charge is 0.282 e. The van der Waals surface area contributed by atoms with Crippen LogP contribution in [0, 0.1) is 5.92 Å². The Morgan fingerprint density at radius 2 is 1.90 bits per heavy atom. The topological polar surface area (TPSA) is 52.7 Å². The molecule has 2 aliphatic rings. The summed E-state index contributed by atoms with van der Waals surface area (Å²) in [6, 6.07) is 0.499. The minimum absolute atomic E-state index is 0.106. The van der Waals surface area contributed by atoms with Gasteiger partial charge >= 0.3 is 0 Å². The molecule has 0 aromatic heterocycles. The zero-order valence-corrected chi connectivity index (χ0v) is 14.5. The Hall–Kier alpha value is -0.170. The van der Waals surface area contributed by atoms with E-state index in [9.17, 15) is 8.42 Å². The quantitative estimate of drug-likeness (QED) is 0.779. The third-order valence-corrected chi connectivity index (χ3v) is 6.78. The molecule has 0 bridgehead atoms. The molecule has 5 nitrogen and oxygen atoms in total. The Labute approximate surface area is 130 Å². The van der Waals surface area contributed by atoms with Crippen molar-refractivity contribution >= 4 is 10.2 Å². The Bertz CT molecular complexity index is 421. The number of rotatable bonds is 7. The van der Waals surface area contributed by atoms with E-state index in [1.165, 1.54) is 19.3 Å². The maximum atomic E-state index is 12.8. The van der Waals surface area contributed by atoms with Crippen LogP contribution in [0.1, 0.15) is 52.4 Å². The SMILES string of the molecule is CC(C)NCC1CCCCN1S(=O)(=O)N(C)CC1CCC1. The van der Waals surface area contributed by atoms with Gasteiger partial charge in [0.25, 0.3) is 10.2 Å². The average molecular weight is 317 g/mol. The number of piperidine rings is 1. The standard InChI is InChI=1S/C15H31N3O2S/c1-13(2)16-11-15-9-4-5-10-18(15)21(19,20)17(3)12-14-7-6-8-14/h13-16H,4-12H2,1-3H3. The van der Waals surface area contributed by atoms with E-state index in [-0.39, 0.29) is 6.04 Å². The molecule has 1 heterocycles. The van der Waals surface area contributed by atoms with E-state index in [1.54, 1.807) is 15.7 Å². The molecule has 1 unspecified atom stereocenters. The van der Waals surface area contributed by atoms with E-state index in [0.29, 0.717) is 25.0 Å². The van der Waals surface area contributed by atoms with E-state index < -0.39 is 10.2 Å². The number of nitrogens with one attached hydrogen (secondary N) is 1. The molecular formula is C15H31N3O2S. The summed E-state index contributed by atoms with van der Waals surface area (Å²) in [4.78, 5) is 0. The molecule has 2 rings (SSSR count). The monoisotopic (exact) mass is 317 g/mol. The van der Waals surface area contributed by atoms with Crippen molar-refractivity contribution in [3.05, 3.63) is 0 Å². The molecule has 1 aliphatic heterocycles. The largest absolute Gasteiger partial charge is 0.313 e. The lowest BCUT2D eigenvalue weighted by molar-refractivity contribution is 0.211. The number of hydrogen-bond acceptors (Lipinski definition) is 3. The molecule has 0 amide bonds. The van der Waals surface area contributed by atoms with Crippen molar-refractivity contribution in [3.63, 3.8) is 0 Å². The van der Waals surface area contributed by atoms with Crippen molar-refractivity contribution in [2.45, 2.75) is 64.5 Å². The van der Waals surface area contributed by atoms with Crippen molar-refractivity contribution in [2.24, 2.45) is 5.92 Å². The summed E-state index contributed by atoms with van der Waals surface area (Å²) in [6.07, 6.45) is 6.69. The van der Waals surface area contributed by atoms with Crippen LogP contribution in [0.2, 0.25) is 0 Å². The molecule has 1 saturated carbocycles. The molecule has 1 saturated heterocycles. The van der Waals surface area contributed by atoms with Gasteiger partial charge in [-0.2, -0.15) is 17.0 Å². The predicted molar refractivity (Wildman–Crippen MR) is 86.4 cm³/mol. The van der Waals surface area contributed by atoms with E-state index in [2.05, 4.69) is 19.2 Å². The van der Waals surface area contributed by atoms with Crippen molar-refractivity contribution in [1.29, 1.82) is 0 Å². The summed E-state index contributed by atoms with van der Waals surface area (Å²) in [7, 11) is -1.56. The summed E-state index contributed by atoms with van der Waals surface area (Å²) >= 11 is 0. The molecule has 0 radical (unpaired) electrons. The molecule has 1 N–H and O–H groups in total. The molecular weight excluding hydrogens is 286 g/mol. The van der Waals surface area contributed by atoms with Gasteiger partial charge in [-0.15, -0.1) is 0 Å². The van der Waals surface area contributed by atoms with Gasteiger partial charge in [-0.3, -0.25) is 0 Å². The molecule has 0 spiro atoms. The van der Waals surface area contributed by atoms with Crippen LogP contribution >= 0.6 is 0 Å². The second-order valence-corrected chi connectivity index (χ2v) is 8.90. The summed E-state index contributed by atoms with van der Waals surface area (Å²) < 4.78 is 29.0. The second-order valence-electron chi connectivity index (χ2n) is 6.91. The first-order valence-corrected chi connectivity index (χ1v) is 9.77. The van der Waals surface area contributed by atoms with Gasteiger partial charge in [0.15, 0.2) is 0 Å². The molecule has 1 aliphatic carbocycles. The normalized spacial score (nSPS) is 25.5. The summed E-state index contributed by atoms with van der Waals surface area (Å²) in [5.41, 5.74) is 0. The number of hydrogen-bond donors (Lipinski definition) is 1. The molecule has 21 heavy (non-hydrogen) atoms. The minimum Gasteiger partial charge on any atom is -0.313 e. The maximum Gasteiger partial charge on any atom is 0.282 e. The Morgan fingerprint density at radius 3 is 2.48 bits per heavy atom. The fourth-order valence-corrected chi connectivity index (χ4v) is 4.84. The lowest BCUT2D eigenvalue weighted by Crippen LogP contribution is -2.54. The van der Waals surface area contributed by atoms with Gasteiger partial charge in [0, 0.05) is 38.8 Å². The van der Waals surface area contributed by atoms with E-state index in [0.717, 1.165) is 25.8 Å². The average Bonchev–Trinajstić information content (AvgIpc) is 2.40.